The summed E-state index contributed by atoms with van der Waals surface area (Å²) in [5.74, 6) is 0. The van der Waals surface area contributed by atoms with Crippen LogP contribution in [0.3, 0.4) is 0 Å². The van der Waals surface area contributed by atoms with E-state index in [9.17, 15) is 5.11 Å². The first-order valence-corrected chi connectivity index (χ1v) is 7.74. The molecule has 1 fully saturated rings. The molecular weight excluding hydrogens is 304 g/mol. The largest absolute Gasteiger partial charge is 0.396 e. The van der Waals surface area contributed by atoms with Crippen LogP contribution in [0.2, 0.25) is 0 Å². The number of benzene rings is 1. The molecule has 106 valence electrons. The number of aliphatic hydroxyl groups is 1. The average Bonchev–Trinajstić information content (AvgIpc) is 2.51. The summed E-state index contributed by atoms with van der Waals surface area (Å²) in [7, 11) is 2.18. The first-order valence-electron chi connectivity index (χ1n) is 6.95. The molecule has 2 unspecified atom stereocenters. The van der Waals surface area contributed by atoms with Crippen molar-refractivity contribution in [3.05, 3.63) is 28.7 Å². The summed E-state index contributed by atoms with van der Waals surface area (Å²) in [6.45, 7) is 4.58. The Morgan fingerprint density at radius 3 is 2.89 bits per heavy atom. The molecule has 1 N–H and O–H groups in total. The number of aliphatic hydroxyl groups excluding tert-OH is 1. The van der Waals surface area contributed by atoms with Gasteiger partial charge in [0.25, 0.3) is 0 Å². The van der Waals surface area contributed by atoms with E-state index in [2.05, 4.69) is 64.0 Å². The third-order valence-corrected chi connectivity index (χ3v) is 4.58. The summed E-state index contributed by atoms with van der Waals surface area (Å²) in [5, 5.41) is 9.33. The second-order valence-corrected chi connectivity index (χ2v) is 6.33. The molecule has 1 aliphatic heterocycles. The van der Waals surface area contributed by atoms with Crippen LogP contribution in [0, 0.1) is 0 Å². The summed E-state index contributed by atoms with van der Waals surface area (Å²) in [6.07, 6.45) is 1.98. The van der Waals surface area contributed by atoms with E-state index in [1.165, 1.54) is 5.69 Å². The quantitative estimate of drug-likeness (QED) is 0.925. The van der Waals surface area contributed by atoms with Crippen LogP contribution in [0.4, 0.5) is 5.69 Å². The predicted molar refractivity (Wildman–Crippen MR) is 83.7 cm³/mol. The van der Waals surface area contributed by atoms with Gasteiger partial charge in [0.1, 0.15) is 0 Å². The van der Waals surface area contributed by atoms with E-state index < -0.39 is 0 Å². The molecule has 0 bridgehead atoms. The lowest BCUT2D eigenvalue weighted by molar-refractivity contribution is 0.227. The second-order valence-electron chi connectivity index (χ2n) is 5.42. The maximum atomic E-state index is 9.33. The molecule has 0 spiro atoms. The number of likely N-dealkylation sites (N-methyl/N-ethyl adjacent to an activating group) is 1. The highest BCUT2D eigenvalue weighted by Gasteiger charge is 2.26. The Morgan fingerprint density at radius 1 is 1.42 bits per heavy atom. The van der Waals surface area contributed by atoms with Gasteiger partial charge in [-0.05, 0) is 45.0 Å². The van der Waals surface area contributed by atoms with Gasteiger partial charge < -0.3 is 14.9 Å². The van der Waals surface area contributed by atoms with E-state index in [-0.39, 0.29) is 6.61 Å². The third-order valence-electron chi connectivity index (χ3n) is 4.08. The fraction of sp³-hybridized carbons (Fsp3) is 0.600. The van der Waals surface area contributed by atoms with Crippen LogP contribution >= 0.6 is 15.9 Å². The zero-order chi connectivity index (χ0) is 13.8. The van der Waals surface area contributed by atoms with E-state index in [0.29, 0.717) is 12.1 Å². The molecule has 3 nitrogen and oxygen atoms in total. The van der Waals surface area contributed by atoms with E-state index in [1.54, 1.807) is 0 Å². The van der Waals surface area contributed by atoms with Crippen LogP contribution in [0.25, 0.3) is 0 Å². The second kappa shape index (κ2) is 6.73. The topological polar surface area (TPSA) is 26.7 Å². The Morgan fingerprint density at radius 2 is 2.21 bits per heavy atom. The van der Waals surface area contributed by atoms with Crippen molar-refractivity contribution in [1.29, 1.82) is 0 Å². The fourth-order valence-corrected chi connectivity index (χ4v) is 3.12. The summed E-state index contributed by atoms with van der Waals surface area (Å²) >= 11 is 3.54. The first-order chi connectivity index (χ1) is 9.11. The van der Waals surface area contributed by atoms with Crippen molar-refractivity contribution in [3.63, 3.8) is 0 Å². The number of hydrogen-bond acceptors (Lipinski definition) is 3. The predicted octanol–water partition coefficient (Wildman–Crippen LogP) is 2.73. The summed E-state index contributed by atoms with van der Waals surface area (Å²) in [6, 6.07) is 9.43. The lowest BCUT2D eigenvalue weighted by atomic mass is 10.1. The number of rotatable bonds is 3. The molecule has 2 atom stereocenters. The van der Waals surface area contributed by atoms with Crippen molar-refractivity contribution in [1.82, 2.24) is 4.90 Å². The van der Waals surface area contributed by atoms with Crippen LogP contribution in [0.5, 0.6) is 0 Å². The Labute approximate surface area is 124 Å². The Bertz CT molecular complexity index is 413. The summed E-state index contributed by atoms with van der Waals surface area (Å²) in [4.78, 5) is 4.85. The molecule has 1 saturated heterocycles. The Hall–Kier alpha value is -0.580. The molecule has 0 aliphatic carbocycles. The summed E-state index contributed by atoms with van der Waals surface area (Å²) < 4.78 is 1.11. The van der Waals surface area contributed by atoms with Gasteiger partial charge >= 0.3 is 0 Å². The van der Waals surface area contributed by atoms with Crippen molar-refractivity contribution in [2.24, 2.45) is 0 Å². The lowest BCUT2D eigenvalue weighted by Crippen LogP contribution is -2.41. The first kappa shape index (κ1) is 14.8. The van der Waals surface area contributed by atoms with Gasteiger partial charge in [0.05, 0.1) is 0 Å². The molecular formula is C15H23BrN2O. The highest BCUT2D eigenvalue weighted by atomic mass is 79.9. The Balaban J connectivity index is 2.24. The SMILES string of the molecule is CC1CCN(c2cccc(Br)c2)C(CCO)CN1C. The van der Waals surface area contributed by atoms with Gasteiger partial charge in [-0.1, -0.05) is 22.0 Å². The minimum atomic E-state index is 0.247. The normalized spacial score (nSPS) is 25.4. The molecule has 2 rings (SSSR count). The highest BCUT2D eigenvalue weighted by molar-refractivity contribution is 9.10. The van der Waals surface area contributed by atoms with Crippen molar-refractivity contribution in [3.8, 4) is 0 Å². The molecule has 19 heavy (non-hydrogen) atoms. The minimum absolute atomic E-state index is 0.247. The Kier molecular flexibility index (Phi) is 5.25. The fourth-order valence-electron chi connectivity index (χ4n) is 2.73. The van der Waals surface area contributed by atoms with Crippen molar-refractivity contribution >= 4 is 21.6 Å². The molecule has 4 heteroatoms. The molecule has 1 aliphatic rings. The van der Waals surface area contributed by atoms with Crippen LogP contribution in [0.1, 0.15) is 19.8 Å². The summed E-state index contributed by atoms with van der Waals surface area (Å²) in [5.41, 5.74) is 1.25. The molecule has 0 amide bonds. The van der Waals surface area contributed by atoms with Gasteiger partial charge in [0.15, 0.2) is 0 Å². The van der Waals surface area contributed by atoms with Crippen LogP contribution in [-0.4, -0.2) is 48.8 Å². The van der Waals surface area contributed by atoms with Gasteiger partial charge in [-0.2, -0.15) is 0 Å². The smallest absolute Gasteiger partial charge is 0.0451 e. The highest BCUT2D eigenvalue weighted by Crippen LogP contribution is 2.26. The van der Waals surface area contributed by atoms with Gasteiger partial charge in [-0.3, -0.25) is 0 Å². The number of anilines is 1. The maximum Gasteiger partial charge on any atom is 0.0451 e. The van der Waals surface area contributed by atoms with Crippen LogP contribution in [0.15, 0.2) is 28.7 Å². The van der Waals surface area contributed by atoms with E-state index in [4.69, 9.17) is 0 Å². The molecule has 1 heterocycles. The minimum Gasteiger partial charge on any atom is -0.396 e. The monoisotopic (exact) mass is 326 g/mol. The molecule has 1 aromatic rings. The van der Waals surface area contributed by atoms with Crippen molar-refractivity contribution in [2.75, 3.05) is 31.6 Å². The standard InChI is InChI=1S/C15H23BrN2O/c1-12-6-8-18(14-5-3-4-13(16)10-14)15(7-9-19)11-17(12)2/h3-5,10,12,15,19H,6-9,11H2,1-2H3. The van der Waals surface area contributed by atoms with E-state index in [1.807, 2.05) is 0 Å². The van der Waals surface area contributed by atoms with Gasteiger partial charge in [-0.15, -0.1) is 0 Å². The van der Waals surface area contributed by atoms with Crippen LogP contribution in [-0.2, 0) is 0 Å². The van der Waals surface area contributed by atoms with Crippen LogP contribution < -0.4 is 4.90 Å². The van der Waals surface area contributed by atoms with E-state index in [0.717, 1.165) is 30.4 Å². The number of halogens is 1. The number of hydrogen-bond donors (Lipinski definition) is 1. The molecule has 0 radical (unpaired) electrons. The molecule has 0 aromatic heterocycles. The zero-order valence-corrected chi connectivity index (χ0v) is 13.3. The van der Waals surface area contributed by atoms with Gasteiger partial charge in [0, 0.05) is 41.9 Å². The molecule has 1 aromatic carbocycles. The zero-order valence-electron chi connectivity index (χ0n) is 11.7. The van der Waals surface area contributed by atoms with Crippen molar-refractivity contribution in [2.45, 2.75) is 31.8 Å². The third kappa shape index (κ3) is 3.71. The number of nitrogens with zero attached hydrogens (tertiary/aromatic N) is 2. The van der Waals surface area contributed by atoms with E-state index >= 15 is 0 Å². The lowest BCUT2D eigenvalue weighted by Gasteiger charge is -2.33. The average molecular weight is 327 g/mol. The molecule has 0 saturated carbocycles. The van der Waals surface area contributed by atoms with Crippen molar-refractivity contribution < 1.29 is 5.11 Å². The van der Waals surface area contributed by atoms with Gasteiger partial charge in [-0.25, -0.2) is 0 Å². The maximum absolute atomic E-state index is 9.33. The van der Waals surface area contributed by atoms with Gasteiger partial charge in [0.2, 0.25) is 0 Å².